The first-order valence-electron chi connectivity index (χ1n) is 6.53. The summed E-state index contributed by atoms with van der Waals surface area (Å²) in [7, 11) is 3.28. The zero-order valence-electron chi connectivity index (χ0n) is 11.7. The van der Waals surface area contributed by atoms with Gasteiger partial charge < -0.3 is 20.3 Å². The minimum absolute atomic E-state index is 0.00995. The van der Waals surface area contributed by atoms with Gasteiger partial charge in [-0.05, 0) is 19.2 Å². The topological polar surface area (TPSA) is 70.7 Å². The van der Waals surface area contributed by atoms with Gasteiger partial charge in [0.25, 0.3) is 0 Å². The van der Waals surface area contributed by atoms with Crippen molar-refractivity contribution in [3.05, 3.63) is 24.3 Å². The number of likely N-dealkylation sites (N-methyl/N-ethyl adjacent to an activating group) is 1. The molecule has 0 aromatic heterocycles. The molecule has 0 spiro atoms. The van der Waals surface area contributed by atoms with E-state index in [4.69, 9.17) is 4.74 Å². The van der Waals surface area contributed by atoms with Gasteiger partial charge in [-0.15, -0.1) is 0 Å². The van der Waals surface area contributed by atoms with Crippen molar-refractivity contribution in [2.75, 3.05) is 32.1 Å². The highest BCUT2D eigenvalue weighted by Crippen LogP contribution is 2.30. The molecule has 1 atom stereocenters. The number of carbonyl (C=O) groups excluding carboxylic acids is 2. The molecule has 1 heterocycles. The van der Waals surface area contributed by atoms with E-state index in [1.807, 2.05) is 24.3 Å². The van der Waals surface area contributed by atoms with E-state index in [-0.39, 0.29) is 24.4 Å². The van der Waals surface area contributed by atoms with Crippen LogP contribution in [0.2, 0.25) is 0 Å². The lowest BCUT2D eigenvalue weighted by Crippen LogP contribution is -2.41. The summed E-state index contributed by atoms with van der Waals surface area (Å²) in [6, 6.07) is 7.21. The summed E-state index contributed by atoms with van der Waals surface area (Å²) in [5.41, 5.74) is 0.741. The van der Waals surface area contributed by atoms with E-state index >= 15 is 0 Å². The number of rotatable bonds is 5. The molecule has 1 aromatic carbocycles. The number of hydrogen-bond acceptors (Lipinski definition) is 4. The number of amides is 2. The maximum absolute atomic E-state index is 12.1. The fraction of sp³-hybridized carbons (Fsp3) is 0.429. The zero-order chi connectivity index (χ0) is 14.5. The average molecular weight is 277 g/mol. The highest BCUT2D eigenvalue weighted by molar-refractivity contribution is 5.98. The Morgan fingerprint density at radius 2 is 2.20 bits per heavy atom. The number of anilines is 1. The van der Waals surface area contributed by atoms with Gasteiger partial charge in [-0.2, -0.15) is 0 Å². The van der Waals surface area contributed by atoms with Crippen molar-refractivity contribution >= 4 is 17.5 Å². The Morgan fingerprint density at radius 1 is 1.45 bits per heavy atom. The molecule has 1 aromatic rings. The van der Waals surface area contributed by atoms with Crippen LogP contribution in [0.4, 0.5) is 5.69 Å². The quantitative estimate of drug-likeness (QED) is 0.803. The Morgan fingerprint density at radius 3 is 2.90 bits per heavy atom. The molecule has 2 rings (SSSR count). The van der Waals surface area contributed by atoms with Gasteiger partial charge >= 0.3 is 0 Å². The van der Waals surface area contributed by atoms with Gasteiger partial charge in [0.2, 0.25) is 11.8 Å². The molecule has 0 unspecified atom stereocenters. The van der Waals surface area contributed by atoms with Gasteiger partial charge in [-0.3, -0.25) is 9.59 Å². The third kappa shape index (κ3) is 3.08. The van der Waals surface area contributed by atoms with Gasteiger partial charge in [0, 0.05) is 13.0 Å². The minimum atomic E-state index is -0.159. The third-order valence-electron chi connectivity index (χ3n) is 3.20. The first-order chi connectivity index (χ1) is 9.65. The standard InChI is InChI=1S/C14H19N3O3/c1-15-8-13(18)16-10-7-14(19)17(9-10)11-5-3-4-6-12(11)20-2/h3-6,10,15H,7-9H2,1-2H3,(H,16,18)/t10-/m1/s1. The van der Waals surface area contributed by atoms with Crippen molar-refractivity contribution in [2.45, 2.75) is 12.5 Å². The fourth-order valence-corrected chi connectivity index (χ4v) is 2.33. The highest BCUT2D eigenvalue weighted by atomic mass is 16.5. The van der Waals surface area contributed by atoms with E-state index < -0.39 is 0 Å². The van der Waals surface area contributed by atoms with Gasteiger partial charge in [-0.25, -0.2) is 0 Å². The molecule has 6 nitrogen and oxygen atoms in total. The largest absolute Gasteiger partial charge is 0.495 e. The lowest BCUT2D eigenvalue weighted by atomic mass is 10.2. The molecule has 1 fully saturated rings. The average Bonchev–Trinajstić information content (AvgIpc) is 2.79. The van der Waals surface area contributed by atoms with Crippen LogP contribution >= 0.6 is 0 Å². The van der Waals surface area contributed by atoms with E-state index in [1.165, 1.54) is 0 Å². The van der Waals surface area contributed by atoms with Gasteiger partial charge in [0.1, 0.15) is 5.75 Å². The van der Waals surface area contributed by atoms with E-state index in [9.17, 15) is 9.59 Å². The zero-order valence-corrected chi connectivity index (χ0v) is 11.7. The van der Waals surface area contributed by atoms with Crippen molar-refractivity contribution in [3.8, 4) is 5.75 Å². The number of hydrogen-bond donors (Lipinski definition) is 2. The van der Waals surface area contributed by atoms with E-state index in [1.54, 1.807) is 19.1 Å². The summed E-state index contributed by atoms with van der Waals surface area (Å²) in [6.07, 6.45) is 0.313. The summed E-state index contributed by atoms with van der Waals surface area (Å²) < 4.78 is 5.27. The summed E-state index contributed by atoms with van der Waals surface area (Å²) in [4.78, 5) is 25.3. The minimum Gasteiger partial charge on any atom is -0.495 e. The first-order valence-corrected chi connectivity index (χ1v) is 6.53. The molecule has 108 valence electrons. The van der Waals surface area contributed by atoms with Crippen LogP contribution < -0.4 is 20.3 Å². The summed E-state index contributed by atoms with van der Waals surface area (Å²) in [5.74, 6) is 0.541. The summed E-state index contributed by atoms with van der Waals surface area (Å²) in [5, 5.41) is 5.63. The second-order valence-electron chi connectivity index (χ2n) is 4.68. The van der Waals surface area contributed by atoms with Crippen LogP contribution in [0.3, 0.4) is 0 Å². The number of methoxy groups -OCH3 is 1. The number of nitrogens with zero attached hydrogens (tertiary/aromatic N) is 1. The highest BCUT2D eigenvalue weighted by Gasteiger charge is 2.32. The number of nitrogens with one attached hydrogen (secondary N) is 2. The Hall–Kier alpha value is -2.08. The van der Waals surface area contributed by atoms with Crippen LogP contribution in [0.15, 0.2) is 24.3 Å². The number of ether oxygens (including phenoxy) is 1. The van der Waals surface area contributed by atoms with E-state index in [0.29, 0.717) is 18.7 Å². The molecule has 0 radical (unpaired) electrons. The monoisotopic (exact) mass is 277 g/mol. The molecule has 6 heteroatoms. The number of benzene rings is 1. The van der Waals surface area contributed by atoms with Crippen molar-refractivity contribution in [1.29, 1.82) is 0 Å². The number of para-hydroxylation sites is 2. The Labute approximate surface area is 118 Å². The lowest BCUT2D eigenvalue weighted by molar-refractivity contribution is -0.120. The molecular formula is C14H19N3O3. The Balaban J connectivity index is 2.07. The Bertz CT molecular complexity index is 504. The predicted molar refractivity (Wildman–Crippen MR) is 75.8 cm³/mol. The normalized spacial score (nSPS) is 18.2. The van der Waals surface area contributed by atoms with Crippen molar-refractivity contribution in [1.82, 2.24) is 10.6 Å². The molecule has 2 amide bonds. The number of carbonyl (C=O) groups is 2. The van der Waals surface area contributed by atoms with Crippen LogP contribution in [0.1, 0.15) is 6.42 Å². The van der Waals surface area contributed by atoms with Gasteiger partial charge in [0.05, 0.1) is 25.4 Å². The molecular weight excluding hydrogens is 258 g/mol. The fourth-order valence-electron chi connectivity index (χ4n) is 2.33. The van der Waals surface area contributed by atoms with Crippen LogP contribution in [0.25, 0.3) is 0 Å². The maximum Gasteiger partial charge on any atom is 0.234 e. The van der Waals surface area contributed by atoms with Crippen LogP contribution in [-0.2, 0) is 9.59 Å². The summed E-state index contributed by atoms with van der Waals surface area (Å²) >= 11 is 0. The van der Waals surface area contributed by atoms with Gasteiger partial charge in [0.15, 0.2) is 0 Å². The second-order valence-corrected chi connectivity index (χ2v) is 4.68. The SMILES string of the molecule is CNCC(=O)N[C@@H]1CC(=O)N(c2ccccc2OC)C1. The Kier molecular flexibility index (Phi) is 4.57. The molecule has 20 heavy (non-hydrogen) atoms. The maximum atomic E-state index is 12.1. The van der Waals surface area contributed by atoms with Crippen molar-refractivity contribution < 1.29 is 14.3 Å². The van der Waals surface area contributed by atoms with Crippen molar-refractivity contribution in [2.24, 2.45) is 0 Å². The van der Waals surface area contributed by atoms with Crippen LogP contribution in [-0.4, -0.2) is 45.1 Å². The molecule has 0 bridgehead atoms. The van der Waals surface area contributed by atoms with Crippen molar-refractivity contribution in [3.63, 3.8) is 0 Å². The molecule has 1 aliphatic heterocycles. The molecule has 1 aliphatic rings. The van der Waals surface area contributed by atoms with Crippen LogP contribution in [0, 0.1) is 0 Å². The second kappa shape index (κ2) is 6.38. The lowest BCUT2D eigenvalue weighted by Gasteiger charge is -2.19. The van der Waals surface area contributed by atoms with E-state index in [0.717, 1.165) is 5.69 Å². The van der Waals surface area contributed by atoms with Gasteiger partial charge in [-0.1, -0.05) is 12.1 Å². The molecule has 0 saturated carbocycles. The summed E-state index contributed by atoms with van der Waals surface area (Å²) in [6.45, 7) is 0.716. The third-order valence-corrected chi connectivity index (χ3v) is 3.20. The first kappa shape index (κ1) is 14.3. The molecule has 1 saturated heterocycles. The molecule has 0 aliphatic carbocycles. The van der Waals surface area contributed by atoms with E-state index in [2.05, 4.69) is 10.6 Å². The molecule has 2 N–H and O–H groups in total. The smallest absolute Gasteiger partial charge is 0.234 e. The van der Waals surface area contributed by atoms with Crippen LogP contribution in [0.5, 0.6) is 5.75 Å². The predicted octanol–water partition coefficient (Wildman–Crippen LogP) is 0.136.